The van der Waals surface area contributed by atoms with E-state index in [1.54, 1.807) is 18.2 Å². The normalized spacial score (nSPS) is 32.0. The van der Waals surface area contributed by atoms with Crippen molar-refractivity contribution in [3.63, 3.8) is 0 Å². The average Bonchev–Trinajstić information content (AvgIpc) is 3.40. The third kappa shape index (κ3) is 2.14. The summed E-state index contributed by atoms with van der Waals surface area (Å²) >= 11 is 6.95. The summed E-state index contributed by atoms with van der Waals surface area (Å²) in [6.07, 6.45) is 1.72. The minimum absolute atomic E-state index is 0.112. The second-order valence-electron chi connectivity index (χ2n) is 8.31. The third-order valence-electron chi connectivity index (χ3n) is 7.02. The van der Waals surface area contributed by atoms with Crippen LogP contribution in [0.25, 0.3) is 0 Å². The number of nitrogens with zero attached hydrogens (tertiary/aromatic N) is 2. The van der Waals surface area contributed by atoms with Gasteiger partial charge >= 0.3 is 0 Å². The number of anilines is 2. The smallest absolute Gasteiger partial charge is 0.250 e. The molecule has 2 aromatic carbocycles. The quantitative estimate of drug-likeness (QED) is 0.571. The van der Waals surface area contributed by atoms with Gasteiger partial charge in [-0.2, -0.15) is 0 Å². The fourth-order valence-corrected chi connectivity index (χ4v) is 6.79. The average molecular weight is 531 g/mol. The van der Waals surface area contributed by atoms with E-state index in [4.69, 9.17) is 0 Å². The third-order valence-corrected chi connectivity index (χ3v) is 8.01. The number of nitrogens with one attached hydrogen (secondary N) is 1. The van der Waals surface area contributed by atoms with Crippen molar-refractivity contribution >= 4 is 61.0 Å². The zero-order chi connectivity index (χ0) is 20.8. The molecule has 152 valence electrons. The number of hydrogen-bond donors (Lipinski definition) is 1. The summed E-state index contributed by atoms with van der Waals surface area (Å²) < 4.78 is 1.64. The predicted molar refractivity (Wildman–Crippen MR) is 118 cm³/mol. The molecule has 0 aliphatic carbocycles. The maximum absolute atomic E-state index is 13.8. The van der Waals surface area contributed by atoms with Gasteiger partial charge in [-0.3, -0.25) is 19.3 Å². The molecule has 4 aliphatic heterocycles. The summed E-state index contributed by atoms with van der Waals surface area (Å²) in [7, 11) is 0. The molecule has 30 heavy (non-hydrogen) atoms. The lowest BCUT2D eigenvalue weighted by molar-refractivity contribution is -0.135. The van der Waals surface area contributed by atoms with Gasteiger partial charge in [0.25, 0.3) is 0 Å². The number of rotatable bonds is 1. The van der Waals surface area contributed by atoms with Crippen LogP contribution in [-0.4, -0.2) is 35.2 Å². The summed E-state index contributed by atoms with van der Waals surface area (Å²) in [5.41, 5.74) is 0.911. The first-order valence-corrected chi connectivity index (χ1v) is 11.5. The van der Waals surface area contributed by atoms with Crippen LogP contribution in [0.15, 0.2) is 51.4 Å². The van der Waals surface area contributed by atoms with Crippen molar-refractivity contribution in [3.8, 4) is 0 Å². The molecule has 3 saturated heterocycles. The molecule has 0 bridgehead atoms. The molecule has 1 N–H and O–H groups in total. The Hall–Kier alpha value is -2.03. The molecule has 4 atom stereocenters. The molecule has 0 radical (unpaired) electrons. The van der Waals surface area contributed by atoms with Gasteiger partial charge < -0.3 is 5.32 Å². The van der Waals surface area contributed by atoms with Crippen LogP contribution in [0.5, 0.6) is 0 Å². The first-order chi connectivity index (χ1) is 14.4. The number of hydrogen-bond acceptors (Lipinski definition) is 4. The fraction of sp³-hybridized carbons (Fsp3) is 0.318. The maximum atomic E-state index is 13.8. The van der Waals surface area contributed by atoms with Crippen LogP contribution in [0, 0.1) is 11.8 Å². The topological polar surface area (TPSA) is 69.7 Å². The van der Waals surface area contributed by atoms with E-state index < -0.39 is 17.4 Å². The molecule has 2 aromatic rings. The molecule has 1 spiro atoms. The van der Waals surface area contributed by atoms with Gasteiger partial charge in [0.15, 0.2) is 0 Å². The van der Waals surface area contributed by atoms with Gasteiger partial charge in [-0.25, -0.2) is 4.90 Å². The zero-order valence-electron chi connectivity index (χ0n) is 15.8. The second kappa shape index (κ2) is 6.24. The fourth-order valence-electron chi connectivity index (χ4n) is 6.04. The highest BCUT2D eigenvalue weighted by atomic mass is 79.9. The van der Waals surface area contributed by atoms with Crippen LogP contribution in [0.1, 0.15) is 18.4 Å². The molecule has 0 saturated carbocycles. The molecule has 0 aromatic heterocycles. The highest BCUT2D eigenvalue weighted by Gasteiger charge is 2.74. The van der Waals surface area contributed by atoms with E-state index in [1.165, 1.54) is 4.90 Å². The van der Waals surface area contributed by atoms with Gasteiger partial charge in [0.1, 0.15) is 5.54 Å². The first kappa shape index (κ1) is 18.7. The van der Waals surface area contributed by atoms with Crippen molar-refractivity contribution in [3.05, 3.63) is 57.0 Å². The molecule has 4 unspecified atom stereocenters. The Morgan fingerprint density at radius 1 is 1.00 bits per heavy atom. The van der Waals surface area contributed by atoms with E-state index in [2.05, 4.69) is 42.1 Å². The predicted octanol–water partition coefficient (Wildman–Crippen LogP) is 3.64. The molecule has 8 heteroatoms. The molecule has 3 fully saturated rings. The van der Waals surface area contributed by atoms with E-state index in [0.29, 0.717) is 12.2 Å². The Labute approximate surface area is 189 Å². The highest BCUT2D eigenvalue weighted by molar-refractivity contribution is 9.10. The summed E-state index contributed by atoms with van der Waals surface area (Å²) in [4.78, 5) is 44.4. The summed E-state index contributed by atoms with van der Waals surface area (Å²) in [5, 5.41) is 2.99. The number of halogens is 2. The lowest BCUT2D eigenvalue weighted by atomic mass is 9.75. The van der Waals surface area contributed by atoms with Gasteiger partial charge in [0, 0.05) is 26.2 Å². The molecule has 4 aliphatic rings. The summed E-state index contributed by atoms with van der Waals surface area (Å²) in [6.45, 7) is 0.703. The molecule has 3 amide bonds. The monoisotopic (exact) mass is 529 g/mol. The maximum Gasteiger partial charge on any atom is 0.250 e. The lowest BCUT2D eigenvalue weighted by Crippen LogP contribution is -2.54. The van der Waals surface area contributed by atoms with Crippen LogP contribution in [0.2, 0.25) is 0 Å². The molecule has 4 heterocycles. The Balaban J connectivity index is 1.57. The van der Waals surface area contributed by atoms with Crippen molar-refractivity contribution in [1.82, 2.24) is 4.90 Å². The zero-order valence-corrected chi connectivity index (χ0v) is 18.9. The van der Waals surface area contributed by atoms with E-state index in [-0.39, 0.29) is 23.8 Å². The van der Waals surface area contributed by atoms with E-state index >= 15 is 0 Å². The Bertz CT molecular complexity index is 1150. The SMILES string of the molecule is O=C1C2C3CCCN3C3(C(=O)Nc4ccc(Br)cc43)C2C(=O)N1c1cccc(Br)c1. The van der Waals surface area contributed by atoms with Crippen LogP contribution in [0.3, 0.4) is 0 Å². The van der Waals surface area contributed by atoms with Crippen molar-refractivity contribution < 1.29 is 14.4 Å². The van der Waals surface area contributed by atoms with Gasteiger partial charge in [-0.1, -0.05) is 37.9 Å². The number of imide groups is 1. The number of carbonyl (C=O) groups is 3. The Morgan fingerprint density at radius 3 is 2.60 bits per heavy atom. The molecular weight excluding hydrogens is 514 g/mol. The van der Waals surface area contributed by atoms with Crippen molar-refractivity contribution in [2.45, 2.75) is 24.4 Å². The largest absolute Gasteiger partial charge is 0.324 e. The highest BCUT2D eigenvalue weighted by Crippen LogP contribution is 2.60. The molecule has 6 nitrogen and oxygen atoms in total. The number of fused-ring (bicyclic) bond motifs is 7. The minimum atomic E-state index is -1.14. The van der Waals surface area contributed by atoms with Crippen molar-refractivity contribution in [1.29, 1.82) is 0 Å². The number of benzene rings is 2. The second-order valence-corrected chi connectivity index (χ2v) is 10.1. The van der Waals surface area contributed by atoms with Crippen LogP contribution in [0.4, 0.5) is 11.4 Å². The standard InChI is InChI=1S/C22H17Br2N3O3/c23-11-3-1-4-13(9-11)27-19(28)17-16-5-2-8-26(16)22(18(17)20(27)29)14-10-12(24)6-7-15(14)25-21(22)30/h1,3-4,6-7,9-10,16-18H,2,5,8H2,(H,25,30). The first-order valence-electron chi connectivity index (χ1n) is 9.96. The van der Waals surface area contributed by atoms with Gasteiger partial charge in [0.2, 0.25) is 17.7 Å². The Kier molecular flexibility index (Phi) is 3.90. The van der Waals surface area contributed by atoms with Crippen LogP contribution in [-0.2, 0) is 19.9 Å². The number of carbonyl (C=O) groups excluding carboxylic acids is 3. The molecule has 6 rings (SSSR count). The molecular formula is C22H17Br2N3O3. The van der Waals surface area contributed by atoms with Gasteiger partial charge in [-0.05, 0) is 55.8 Å². The van der Waals surface area contributed by atoms with E-state index in [0.717, 1.165) is 33.0 Å². The summed E-state index contributed by atoms with van der Waals surface area (Å²) in [5.74, 6) is -1.94. The van der Waals surface area contributed by atoms with Crippen LogP contribution < -0.4 is 10.2 Å². The lowest BCUT2D eigenvalue weighted by Gasteiger charge is -2.36. The van der Waals surface area contributed by atoms with E-state index in [1.807, 2.05) is 24.3 Å². The minimum Gasteiger partial charge on any atom is -0.324 e. The van der Waals surface area contributed by atoms with Crippen molar-refractivity contribution in [2.24, 2.45) is 11.8 Å². The Morgan fingerprint density at radius 2 is 1.80 bits per heavy atom. The van der Waals surface area contributed by atoms with E-state index in [9.17, 15) is 14.4 Å². The van der Waals surface area contributed by atoms with Crippen LogP contribution >= 0.6 is 31.9 Å². The number of amides is 3. The van der Waals surface area contributed by atoms with Crippen molar-refractivity contribution in [2.75, 3.05) is 16.8 Å². The van der Waals surface area contributed by atoms with Gasteiger partial charge in [0.05, 0.1) is 17.5 Å². The van der Waals surface area contributed by atoms with Gasteiger partial charge in [-0.15, -0.1) is 0 Å². The summed E-state index contributed by atoms with van der Waals surface area (Å²) in [6, 6.07) is 12.7.